The Kier molecular flexibility index (Phi) is 7.37. The topological polar surface area (TPSA) is 118 Å². The van der Waals surface area contributed by atoms with Gasteiger partial charge in [0.1, 0.15) is 18.1 Å². The highest BCUT2D eigenvalue weighted by molar-refractivity contribution is 6.31. The number of fused-ring (bicyclic) bond motifs is 1. The maximum Gasteiger partial charge on any atom is 0.307 e. The molecule has 5 rings (SSSR count). The number of rotatable bonds is 7. The Balaban J connectivity index is 1.51. The molecule has 2 fully saturated rings. The number of carbonyl (C=O) groups excluding carboxylic acids is 2. The fourth-order valence-corrected chi connectivity index (χ4v) is 6.27. The predicted octanol–water partition coefficient (Wildman–Crippen LogP) is 2.99. The first-order valence-electron chi connectivity index (χ1n) is 12.9. The Hall–Kier alpha value is -3.14. The van der Waals surface area contributed by atoms with Crippen LogP contribution in [0.15, 0.2) is 18.3 Å². The second-order valence-corrected chi connectivity index (χ2v) is 10.6. The molecular formula is C26H32ClN5O5. The Labute approximate surface area is 220 Å². The van der Waals surface area contributed by atoms with Crippen LogP contribution in [0.1, 0.15) is 61.4 Å². The van der Waals surface area contributed by atoms with E-state index in [1.165, 1.54) is 0 Å². The van der Waals surface area contributed by atoms with Gasteiger partial charge in [-0.3, -0.25) is 19.1 Å². The number of halogens is 1. The van der Waals surface area contributed by atoms with Crippen molar-refractivity contribution in [2.24, 2.45) is 18.9 Å². The zero-order valence-corrected chi connectivity index (χ0v) is 21.7. The molecule has 1 aromatic heterocycles. The Bertz CT molecular complexity index is 1200. The van der Waals surface area contributed by atoms with Crippen molar-refractivity contribution in [2.45, 2.75) is 57.6 Å². The Morgan fingerprint density at radius 3 is 2.59 bits per heavy atom. The monoisotopic (exact) mass is 529 g/mol. The average Bonchev–Trinajstić information content (AvgIpc) is 3.50. The number of aromatic nitrogens is 3. The molecule has 2 aliphatic heterocycles. The van der Waals surface area contributed by atoms with Gasteiger partial charge in [-0.05, 0) is 43.4 Å². The van der Waals surface area contributed by atoms with Crippen molar-refractivity contribution < 1.29 is 24.2 Å². The summed E-state index contributed by atoms with van der Waals surface area (Å²) in [5, 5.41) is 18.5. The van der Waals surface area contributed by atoms with Gasteiger partial charge in [0.25, 0.3) is 0 Å². The molecule has 3 atom stereocenters. The largest absolute Gasteiger partial charge is 0.487 e. The molecule has 11 heteroatoms. The van der Waals surface area contributed by atoms with Gasteiger partial charge in [0, 0.05) is 43.7 Å². The van der Waals surface area contributed by atoms with E-state index in [4.69, 9.17) is 16.3 Å². The minimum atomic E-state index is -0.919. The molecule has 0 radical (unpaired) electrons. The summed E-state index contributed by atoms with van der Waals surface area (Å²) in [4.78, 5) is 42.2. The number of likely N-dealkylation sites (tertiary alicyclic amines) is 1. The van der Waals surface area contributed by atoms with Crippen molar-refractivity contribution in [1.82, 2.24) is 24.8 Å². The van der Waals surface area contributed by atoms with E-state index in [0.29, 0.717) is 61.8 Å². The molecule has 0 spiro atoms. The first-order chi connectivity index (χ1) is 17.8. The molecule has 3 heterocycles. The lowest BCUT2D eigenvalue weighted by atomic mass is 9.77. The molecule has 3 aliphatic rings. The van der Waals surface area contributed by atoms with Gasteiger partial charge in [-0.15, -0.1) is 5.10 Å². The summed E-state index contributed by atoms with van der Waals surface area (Å²) in [6.45, 7) is 1.55. The van der Waals surface area contributed by atoms with Gasteiger partial charge in [0.2, 0.25) is 11.8 Å². The molecule has 2 amide bonds. The SMILES string of the molecule is Cn1cc(COc2ccc(Cl)c3c2[C@@H](CN2CCCC2=O)N(C(=O)C2CCCCC2C(=O)O)CC3)nn1. The summed E-state index contributed by atoms with van der Waals surface area (Å²) in [7, 11) is 1.78. The first-order valence-corrected chi connectivity index (χ1v) is 13.3. The molecule has 0 bridgehead atoms. The van der Waals surface area contributed by atoms with E-state index >= 15 is 0 Å². The summed E-state index contributed by atoms with van der Waals surface area (Å²) < 4.78 is 7.80. The molecule has 37 heavy (non-hydrogen) atoms. The number of aliphatic carboxylic acids is 1. The molecule has 1 aromatic carbocycles. The zero-order valence-electron chi connectivity index (χ0n) is 20.9. The third kappa shape index (κ3) is 5.16. The molecular weight excluding hydrogens is 498 g/mol. The second-order valence-electron chi connectivity index (χ2n) is 10.2. The van der Waals surface area contributed by atoms with Gasteiger partial charge in [-0.2, -0.15) is 0 Å². The number of carboxylic acid groups (broad SMARTS) is 1. The van der Waals surface area contributed by atoms with Crippen LogP contribution in [-0.2, 0) is 34.5 Å². The minimum absolute atomic E-state index is 0.0599. The van der Waals surface area contributed by atoms with Crippen LogP contribution >= 0.6 is 11.6 Å². The average molecular weight is 530 g/mol. The van der Waals surface area contributed by atoms with E-state index in [1.54, 1.807) is 39.9 Å². The van der Waals surface area contributed by atoms with Crippen LogP contribution in [0.5, 0.6) is 5.75 Å². The fourth-order valence-electron chi connectivity index (χ4n) is 6.01. The number of aryl methyl sites for hydroxylation is 1. The van der Waals surface area contributed by atoms with Crippen LogP contribution in [0.2, 0.25) is 5.02 Å². The fraction of sp³-hybridized carbons (Fsp3) is 0.577. The third-order valence-corrected chi connectivity index (χ3v) is 8.20. The van der Waals surface area contributed by atoms with Crippen molar-refractivity contribution in [3.63, 3.8) is 0 Å². The number of amides is 2. The summed E-state index contributed by atoms with van der Waals surface area (Å²) in [5.74, 6) is -1.70. The molecule has 198 valence electrons. The van der Waals surface area contributed by atoms with Crippen LogP contribution in [0.4, 0.5) is 0 Å². The van der Waals surface area contributed by atoms with E-state index in [1.807, 2.05) is 0 Å². The quantitative estimate of drug-likeness (QED) is 0.585. The molecule has 2 unspecified atom stereocenters. The van der Waals surface area contributed by atoms with Gasteiger partial charge in [-0.25, -0.2) is 0 Å². The highest BCUT2D eigenvalue weighted by Gasteiger charge is 2.43. The van der Waals surface area contributed by atoms with Gasteiger partial charge < -0.3 is 19.6 Å². The Morgan fingerprint density at radius 2 is 1.92 bits per heavy atom. The van der Waals surface area contributed by atoms with Crippen LogP contribution in [-0.4, -0.2) is 67.3 Å². The standard InChI is InChI=1S/C26H32ClN5O5/c1-30-13-16(28-29-30)15-37-22-9-8-20(27)19-10-12-32(21(24(19)22)14-31-11-4-7-23(31)33)25(34)17-5-2-3-6-18(17)26(35)36/h8-9,13,17-18,21H,2-7,10-12,14-15H2,1H3,(H,35,36)/t17?,18?,21-/m1/s1. The van der Waals surface area contributed by atoms with Crippen molar-refractivity contribution in [3.05, 3.63) is 40.2 Å². The zero-order chi connectivity index (χ0) is 26.1. The van der Waals surface area contributed by atoms with Gasteiger partial charge >= 0.3 is 5.97 Å². The number of hydrogen-bond acceptors (Lipinski definition) is 6. The normalized spacial score (nSPS) is 23.7. The van der Waals surface area contributed by atoms with E-state index in [0.717, 1.165) is 30.4 Å². The van der Waals surface area contributed by atoms with Gasteiger partial charge in [-0.1, -0.05) is 29.7 Å². The first kappa shape index (κ1) is 25.5. The van der Waals surface area contributed by atoms with E-state index in [9.17, 15) is 19.5 Å². The number of ether oxygens (including phenoxy) is 1. The lowest BCUT2D eigenvalue weighted by molar-refractivity contribution is -0.154. The lowest BCUT2D eigenvalue weighted by Gasteiger charge is -2.43. The van der Waals surface area contributed by atoms with Gasteiger partial charge in [0.15, 0.2) is 0 Å². The number of hydrogen-bond donors (Lipinski definition) is 1. The maximum absolute atomic E-state index is 14.0. The van der Waals surface area contributed by atoms with Crippen molar-refractivity contribution >= 4 is 29.4 Å². The van der Waals surface area contributed by atoms with Crippen molar-refractivity contribution in [3.8, 4) is 5.75 Å². The third-order valence-electron chi connectivity index (χ3n) is 7.85. The number of benzene rings is 1. The molecule has 1 saturated heterocycles. The minimum Gasteiger partial charge on any atom is -0.487 e. The van der Waals surface area contributed by atoms with E-state index in [-0.39, 0.29) is 18.4 Å². The molecule has 2 aromatic rings. The summed E-state index contributed by atoms with van der Waals surface area (Å²) in [6, 6.07) is 3.11. The second kappa shape index (κ2) is 10.7. The highest BCUT2D eigenvalue weighted by Crippen LogP contribution is 2.43. The molecule has 1 saturated carbocycles. The van der Waals surface area contributed by atoms with Crippen molar-refractivity contribution in [1.29, 1.82) is 0 Å². The summed E-state index contributed by atoms with van der Waals surface area (Å²) in [6.07, 6.45) is 6.27. The van der Waals surface area contributed by atoms with Crippen LogP contribution in [0.3, 0.4) is 0 Å². The lowest BCUT2D eigenvalue weighted by Crippen LogP contribution is -2.50. The van der Waals surface area contributed by atoms with Gasteiger partial charge in [0.05, 0.1) is 24.1 Å². The van der Waals surface area contributed by atoms with Crippen LogP contribution in [0, 0.1) is 11.8 Å². The summed E-state index contributed by atoms with van der Waals surface area (Å²) >= 11 is 6.64. The maximum atomic E-state index is 14.0. The number of nitrogens with zero attached hydrogens (tertiary/aromatic N) is 5. The predicted molar refractivity (Wildman–Crippen MR) is 134 cm³/mol. The van der Waals surface area contributed by atoms with E-state index in [2.05, 4.69) is 10.3 Å². The van der Waals surface area contributed by atoms with E-state index < -0.39 is 23.8 Å². The van der Waals surface area contributed by atoms with Crippen LogP contribution in [0.25, 0.3) is 0 Å². The number of carboxylic acids is 1. The number of carbonyl (C=O) groups is 3. The highest BCUT2D eigenvalue weighted by atomic mass is 35.5. The van der Waals surface area contributed by atoms with Crippen LogP contribution < -0.4 is 4.74 Å². The summed E-state index contributed by atoms with van der Waals surface area (Å²) in [5.41, 5.74) is 2.35. The molecule has 1 aliphatic carbocycles. The Morgan fingerprint density at radius 1 is 1.14 bits per heavy atom. The molecule has 1 N–H and O–H groups in total. The van der Waals surface area contributed by atoms with Crippen molar-refractivity contribution in [2.75, 3.05) is 19.6 Å². The molecule has 10 nitrogen and oxygen atoms in total. The smallest absolute Gasteiger partial charge is 0.307 e.